The smallest absolute Gasteiger partial charge is 0.407 e. The molecule has 0 aromatic heterocycles. The molecule has 2 N–H and O–H groups in total. The molecule has 1 aliphatic rings. The highest BCUT2D eigenvalue weighted by Gasteiger charge is 2.52. The van der Waals surface area contributed by atoms with Crippen LogP contribution in [0, 0.1) is 5.82 Å². The fourth-order valence-electron chi connectivity index (χ4n) is 2.58. The molecule has 0 aliphatic carbocycles. The van der Waals surface area contributed by atoms with E-state index in [-0.39, 0.29) is 17.1 Å². The number of ether oxygens (including phenoxy) is 1. The summed E-state index contributed by atoms with van der Waals surface area (Å²) in [5.41, 5.74) is 0.0453. The van der Waals surface area contributed by atoms with Crippen LogP contribution in [0.1, 0.15) is 18.6 Å². The maximum absolute atomic E-state index is 13.8. The van der Waals surface area contributed by atoms with Crippen molar-refractivity contribution in [3.05, 3.63) is 34.6 Å². The van der Waals surface area contributed by atoms with Gasteiger partial charge in [0.05, 0.1) is 24.2 Å². The predicted molar refractivity (Wildman–Crippen MR) is 84.1 cm³/mol. The van der Waals surface area contributed by atoms with Crippen molar-refractivity contribution in [2.45, 2.75) is 24.1 Å². The van der Waals surface area contributed by atoms with Gasteiger partial charge in [-0.2, -0.15) is 0 Å². The van der Waals surface area contributed by atoms with Gasteiger partial charge in [0.2, 0.25) is 4.93 Å². The maximum Gasteiger partial charge on any atom is 0.407 e. The second kappa shape index (κ2) is 6.47. The van der Waals surface area contributed by atoms with Crippen LogP contribution in [-0.4, -0.2) is 60.0 Å². The van der Waals surface area contributed by atoms with Gasteiger partial charge in [-0.05, 0) is 24.6 Å². The Bertz CT molecular complexity index is 758. The van der Waals surface area contributed by atoms with Crippen molar-refractivity contribution in [2.75, 3.05) is 19.3 Å². The lowest BCUT2D eigenvalue weighted by Crippen LogP contribution is -2.52. The molecule has 1 aromatic carbocycles. The lowest BCUT2D eigenvalue weighted by Gasteiger charge is -2.34. The van der Waals surface area contributed by atoms with Crippen LogP contribution in [0.2, 0.25) is 5.02 Å². The van der Waals surface area contributed by atoms with Crippen molar-refractivity contribution in [3.63, 3.8) is 0 Å². The SMILES string of the molecule is CC1CN(C(=O)O)CC(O)(S(C)(=O)=O)C(c2ccc(Cl)c(F)c2)O1. The molecule has 0 saturated carbocycles. The molecule has 0 bridgehead atoms. The van der Waals surface area contributed by atoms with Crippen LogP contribution in [0.4, 0.5) is 9.18 Å². The van der Waals surface area contributed by atoms with Gasteiger partial charge < -0.3 is 19.8 Å². The Morgan fingerprint density at radius 1 is 1.50 bits per heavy atom. The Morgan fingerprint density at radius 3 is 2.62 bits per heavy atom. The van der Waals surface area contributed by atoms with Crippen molar-refractivity contribution in [1.82, 2.24) is 4.90 Å². The van der Waals surface area contributed by atoms with E-state index in [9.17, 15) is 27.8 Å². The van der Waals surface area contributed by atoms with E-state index in [0.717, 1.165) is 17.2 Å². The second-order valence-electron chi connectivity index (χ2n) is 5.78. The van der Waals surface area contributed by atoms with Crippen molar-refractivity contribution < 1.29 is 32.6 Å². The summed E-state index contributed by atoms with van der Waals surface area (Å²) in [6.07, 6.45) is -2.82. The van der Waals surface area contributed by atoms with Crippen molar-refractivity contribution in [2.24, 2.45) is 0 Å². The van der Waals surface area contributed by atoms with E-state index in [1.807, 2.05) is 0 Å². The topological polar surface area (TPSA) is 104 Å². The van der Waals surface area contributed by atoms with Gasteiger partial charge in [0.25, 0.3) is 0 Å². The van der Waals surface area contributed by atoms with Gasteiger partial charge in [-0.1, -0.05) is 17.7 Å². The molecule has 24 heavy (non-hydrogen) atoms. The molecule has 2 rings (SSSR count). The highest BCUT2D eigenvalue weighted by molar-refractivity contribution is 7.92. The number of sulfone groups is 1. The number of halogens is 2. The average Bonchev–Trinajstić information content (AvgIpc) is 2.59. The standard InChI is InChI=1S/C14H17ClFNO6S/c1-8-6-17(13(18)19)7-14(20,24(2,21)22)12(23-8)9-3-4-10(15)11(16)5-9/h3-5,8,12,20H,6-7H2,1-2H3,(H,18,19). The molecular formula is C14H17ClFNO6S. The van der Waals surface area contributed by atoms with Crippen LogP contribution in [0.25, 0.3) is 0 Å². The number of amides is 1. The molecule has 1 saturated heterocycles. The Morgan fingerprint density at radius 2 is 2.12 bits per heavy atom. The summed E-state index contributed by atoms with van der Waals surface area (Å²) in [4.78, 5) is 9.49. The largest absolute Gasteiger partial charge is 0.465 e. The first-order valence-corrected chi connectivity index (χ1v) is 9.23. The predicted octanol–water partition coefficient (Wildman–Crippen LogP) is 1.65. The Balaban J connectivity index is 2.60. The van der Waals surface area contributed by atoms with E-state index >= 15 is 0 Å². The normalized spacial score (nSPS) is 28.5. The van der Waals surface area contributed by atoms with Crippen LogP contribution in [0.5, 0.6) is 0 Å². The van der Waals surface area contributed by atoms with E-state index in [2.05, 4.69) is 0 Å². The average molecular weight is 382 g/mol. The summed E-state index contributed by atoms with van der Waals surface area (Å²) in [5.74, 6) is -0.805. The minimum Gasteiger partial charge on any atom is -0.465 e. The first kappa shape index (κ1) is 18.9. The zero-order valence-corrected chi connectivity index (χ0v) is 14.5. The molecule has 1 aliphatic heterocycles. The van der Waals surface area contributed by atoms with Gasteiger partial charge in [-0.15, -0.1) is 0 Å². The number of benzene rings is 1. The molecule has 10 heteroatoms. The molecule has 1 amide bonds. The second-order valence-corrected chi connectivity index (χ2v) is 8.44. The van der Waals surface area contributed by atoms with Gasteiger partial charge in [-0.3, -0.25) is 0 Å². The molecule has 3 atom stereocenters. The van der Waals surface area contributed by atoms with Crippen molar-refractivity contribution in [1.29, 1.82) is 0 Å². The first-order valence-electron chi connectivity index (χ1n) is 6.96. The van der Waals surface area contributed by atoms with E-state index in [4.69, 9.17) is 16.3 Å². The zero-order valence-electron chi connectivity index (χ0n) is 12.9. The fourth-order valence-corrected chi connectivity index (χ4v) is 3.67. The molecule has 1 heterocycles. The molecule has 1 fully saturated rings. The van der Waals surface area contributed by atoms with E-state index in [1.165, 1.54) is 19.1 Å². The number of aliphatic hydroxyl groups is 1. The van der Waals surface area contributed by atoms with Crippen LogP contribution in [0.3, 0.4) is 0 Å². The third-order valence-corrected chi connectivity index (χ3v) is 5.77. The quantitative estimate of drug-likeness (QED) is 0.807. The molecule has 3 unspecified atom stereocenters. The number of β-amino-alcohol motifs (C(OH)–C–C–N with tert-alkyl or cyclic N) is 1. The summed E-state index contributed by atoms with van der Waals surface area (Å²) in [5, 5.41) is 19.9. The van der Waals surface area contributed by atoms with Gasteiger partial charge in [0.1, 0.15) is 11.9 Å². The van der Waals surface area contributed by atoms with E-state index in [0.29, 0.717) is 0 Å². The van der Waals surface area contributed by atoms with Crippen LogP contribution >= 0.6 is 11.6 Å². The fraction of sp³-hybridized carbons (Fsp3) is 0.500. The molecule has 1 aromatic rings. The number of hydrogen-bond acceptors (Lipinski definition) is 5. The van der Waals surface area contributed by atoms with Gasteiger partial charge >= 0.3 is 6.09 Å². The van der Waals surface area contributed by atoms with E-state index < -0.39 is 45.4 Å². The third-order valence-electron chi connectivity index (χ3n) is 3.83. The van der Waals surface area contributed by atoms with E-state index in [1.54, 1.807) is 0 Å². The maximum atomic E-state index is 13.8. The lowest BCUT2D eigenvalue weighted by molar-refractivity contribution is -0.0736. The van der Waals surface area contributed by atoms with Crippen molar-refractivity contribution in [3.8, 4) is 0 Å². The summed E-state index contributed by atoms with van der Waals surface area (Å²) in [6.45, 7) is 0.670. The Labute approximate surface area is 143 Å². The molecule has 134 valence electrons. The lowest BCUT2D eigenvalue weighted by atomic mass is 10.0. The highest BCUT2D eigenvalue weighted by atomic mass is 35.5. The summed E-state index contributed by atoms with van der Waals surface area (Å²) in [6, 6.07) is 3.50. The number of carboxylic acid groups (broad SMARTS) is 1. The number of carbonyl (C=O) groups is 1. The van der Waals surface area contributed by atoms with Gasteiger partial charge in [0.15, 0.2) is 9.84 Å². The van der Waals surface area contributed by atoms with Crippen LogP contribution < -0.4 is 0 Å². The van der Waals surface area contributed by atoms with Crippen LogP contribution in [0.15, 0.2) is 18.2 Å². The number of hydrogen-bond donors (Lipinski definition) is 2. The number of nitrogens with zero attached hydrogens (tertiary/aromatic N) is 1. The summed E-state index contributed by atoms with van der Waals surface area (Å²) >= 11 is 5.62. The zero-order chi connectivity index (χ0) is 18.3. The number of rotatable bonds is 2. The van der Waals surface area contributed by atoms with Gasteiger partial charge in [-0.25, -0.2) is 17.6 Å². The summed E-state index contributed by atoms with van der Waals surface area (Å²) in [7, 11) is -4.19. The molecule has 0 radical (unpaired) electrons. The van der Waals surface area contributed by atoms with Crippen LogP contribution in [-0.2, 0) is 14.6 Å². The summed E-state index contributed by atoms with van der Waals surface area (Å²) < 4.78 is 43.7. The minimum absolute atomic E-state index is 0.0453. The Kier molecular flexibility index (Phi) is 5.10. The van der Waals surface area contributed by atoms with Crippen molar-refractivity contribution >= 4 is 27.5 Å². The monoisotopic (exact) mass is 381 g/mol. The Hall–Kier alpha value is -1.42. The molecular weight excluding hydrogens is 365 g/mol. The minimum atomic E-state index is -4.19. The molecule has 0 spiro atoms. The first-order chi connectivity index (χ1) is 11.0. The third kappa shape index (κ3) is 3.49. The highest BCUT2D eigenvalue weighted by Crippen LogP contribution is 2.38. The molecule has 7 nitrogen and oxygen atoms in total. The van der Waals surface area contributed by atoms with Gasteiger partial charge in [0, 0.05) is 6.26 Å².